The van der Waals surface area contributed by atoms with E-state index in [-0.39, 0.29) is 11.1 Å². The average molecular weight is 354 g/mol. The van der Waals surface area contributed by atoms with Crippen LogP contribution in [0.15, 0.2) is 30.1 Å². The highest BCUT2D eigenvalue weighted by Crippen LogP contribution is 2.49. The first-order valence-corrected chi connectivity index (χ1v) is 8.49. The summed E-state index contributed by atoms with van der Waals surface area (Å²) in [5.41, 5.74) is -1.81. The van der Waals surface area contributed by atoms with Crippen LogP contribution in [-0.2, 0) is 9.31 Å². The predicted octanol–water partition coefficient (Wildman–Crippen LogP) is 4.38. The van der Waals surface area contributed by atoms with Crippen molar-refractivity contribution in [1.82, 2.24) is 4.98 Å². The van der Waals surface area contributed by atoms with E-state index in [2.05, 4.69) is 4.98 Å². The third-order valence-corrected chi connectivity index (χ3v) is 5.25. The van der Waals surface area contributed by atoms with E-state index in [1.54, 1.807) is 18.2 Å². The first kappa shape index (κ1) is 17.7. The van der Waals surface area contributed by atoms with Gasteiger partial charge >= 0.3 is 7.12 Å². The lowest BCUT2D eigenvalue weighted by molar-refractivity contribution is 0.00578. The fraction of sp³-hybridized carbons (Fsp3) is 0.588. The molecule has 0 aromatic carbocycles. The highest BCUT2D eigenvalue weighted by atomic mass is 35.5. The van der Waals surface area contributed by atoms with Gasteiger partial charge in [0.1, 0.15) is 5.73 Å². The van der Waals surface area contributed by atoms with Gasteiger partial charge in [-0.3, -0.25) is 0 Å². The Morgan fingerprint density at radius 3 is 2.42 bits per heavy atom. The second-order valence-corrected chi connectivity index (χ2v) is 8.02. The van der Waals surface area contributed by atoms with E-state index in [9.17, 15) is 4.39 Å². The molecule has 0 radical (unpaired) electrons. The summed E-state index contributed by atoms with van der Waals surface area (Å²) in [6.07, 6.45) is 4.85. The maximum absolute atomic E-state index is 14.6. The first-order valence-electron chi connectivity index (χ1n) is 8.11. The van der Waals surface area contributed by atoms with Gasteiger partial charge in [-0.1, -0.05) is 11.6 Å². The zero-order chi connectivity index (χ0) is 17.6. The van der Waals surface area contributed by atoms with E-state index in [0.29, 0.717) is 17.5 Å². The van der Waals surface area contributed by atoms with Crippen molar-refractivity contribution in [1.29, 1.82) is 0 Å². The van der Waals surface area contributed by atoms with Crippen molar-refractivity contribution >= 4 is 18.7 Å². The van der Waals surface area contributed by atoms with Crippen LogP contribution in [0.25, 0.3) is 0 Å². The van der Waals surface area contributed by atoms with Gasteiger partial charge in [0.2, 0.25) is 5.88 Å². The maximum atomic E-state index is 14.6. The SMILES string of the molecule is CC1(C)OB(C(F)=CC2(COc3ccc(Cl)cn3)CC2)OC1(C)C. The highest BCUT2D eigenvalue weighted by Gasteiger charge is 2.54. The summed E-state index contributed by atoms with van der Waals surface area (Å²) >= 11 is 5.80. The summed E-state index contributed by atoms with van der Waals surface area (Å²) in [5.74, 6) is 0.482. The van der Waals surface area contributed by atoms with Gasteiger partial charge in [0.05, 0.1) is 22.8 Å². The molecular weight excluding hydrogens is 331 g/mol. The van der Waals surface area contributed by atoms with Crippen molar-refractivity contribution in [2.24, 2.45) is 5.41 Å². The van der Waals surface area contributed by atoms with Gasteiger partial charge in [-0.25, -0.2) is 9.37 Å². The molecule has 1 saturated carbocycles. The highest BCUT2D eigenvalue weighted by molar-refractivity contribution is 6.53. The van der Waals surface area contributed by atoms with Crippen LogP contribution in [0.4, 0.5) is 4.39 Å². The predicted molar refractivity (Wildman–Crippen MR) is 91.7 cm³/mol. The molecule has 1 saturated heterocycles. The molecule has 2 fully saturated rings. The van der Waals surface area contributed by atoms with Gasteiger partial charge in [0.15, 0.2) is 0 Å². The Labute approximate surface area is 147 Å². The molecule has 0 bridgehead atoms. The van der Waals surface area contributed by atoms with Gasteiger partial charge in [0, 0.05) is 17.7 Å². The van der Waals surface area contributed by atoms with E-state index in [4.69, 9.17) is 25.6 Å². The number of rotatable bonds is 5. The zero-order valence-electron chi connectivity index (χ0n) is 14.4. The minimum absolute atomic E-state index is 0.311. The van der Waals surface area contributed by atoms with Gasteiger partial charge in [-0.05, 0) is 52.7 Å². The van der Waals surface area contributed by atoms with Crippen molar-refractivity contribution in [3.63, 3.8) is 0 Å². The molecule has 3 rings (SSSR count). The summed E-state index contributed by atoms with van der Waals surface area (Å²) in [6, 6.07) is 3.41. The minimum Gasteiger partial charge on any atom is -0.477 e. The van der Waals surface area contributed by atoms with Crippen LogP contribution < -0.4 is 4.74 Å². The van der Waals surface area contributed by atoms with Crippen LogP contribution >= 0.6 is 11.6 Å². The lowest BCUT2D eigenvalue weighted by atomic mass is 9.85. The molecule has 4 nitrogen and oxygen atoms in total. The Kier molecular flexibility index (Phi) is 4.43. The molecule has 1 aliphatic carbocycles. The monoisotopic (exact) mass is 353 g/mol. The molecule has 1 aliphatic heterocycles. The molecule has 2 heterocycles. The largest absolute Gasteiger partial charge is 0.524 e. The Balaban J connectivity index is 1.63. The Bertz CT molecular complexity index is 628. The lowest BCUT2D eigenvalue weighted by Crippen LogP contribution is -2.41. The second kappa shape index (κ2) is 6.01. The van der Waals surface area contributed by atoms with Gasteiger partial charge in [0.25, 0.3) is 0 Å². The van der Waals surface area contributed by atoms with Crippen molar-refractivity contribution in [3.8, 4) is 5.88 Å². The minimum atomic E-state index is -0.957. The fourth-order valence-corrected chi connectivity index (χ4v) is 2.58. The summed E-state index contributed by atoms with van der Waals surface area (Å²) in [6.45, 7) is 7.99. The van der Waals surface area contributed by atoms with Crippen molar-refractivity contribution in [3.05, 3.63) is 35.2 Å². The number of ether oxygens (including phenoxy) is 1. The Hall–Kier alpha value is -1.11. The van der Waals surface area contributed by atoms with E-state index in [1.165, 1.54) is 6.20 Å². The third-order valence-electron chi connectivity index (χ3n) is 5.02. The maximum Gasteiger partial charge on any atom is 0.524 e. The summed E-state index contributed by atoms with van der Waals surface area (Å²) < 4.78 is 31.8. The molecule has 2 aliphatic rings. The van der Waals surface area contributed by atoms with Crippen molar-refractivity contribution in [2.75, 3.05) is 6.61 Å². The van der Waals surface area contributed by atoms with Crippen LogP contribution in [0.3, 0.4) is 0 Å². The van der Waals surface area contributed by atoms with Gasteiger partial charge < -0.3 is 14.0 Å². The van der Waals surface area contributed by atoms with Crippen LogP contribution in [0.1, 0.15) is 40.5 Å². The Morgan fingerprint density at radius 1 is 1.29 bits per heavy atom. The molecular formula is C17H22BClFNO3. The molecule has 0 spiro atoms. The average Bonchev–Trinajstić information content (AvgIpc) is 3.20. The quantitative estimate of drug-likeness (QED) is 0.737. The van der Waals surface area contributed by atoms with E-state index in [0.717, 1.165) is 12.8 Å². The second-order valence-electron chi connectivity index (χ2n) is 7.58. The van der Waals surface area contributed by atoms with Crippen LogP contribution in [0.2, 0.25) is 5.02 Å². The normalized spacial score (nSPS) is 24.1. The standard InChI is InChI=1S/C17H22BClFNO3/c1-15(2)16(3,4)24-18(23-15)13(20)9-17(7-8-17)11-22-14-6-5-12(19)10-21-14/h5-6,9-10H,7-8,11H2,1-4H3. The number of pyridine rings is 1. The number of halogens is 2. The first-order chi connectivity index (χ1) is 11.1. The third kappa shape index (κ3) is 3.61. The molecule has 1 aromatic rings. The van der Waals surface area contributed by atoms with Gasteiger partial charge in [-0.15, -0.1) is 0 Å². The number of hydrogen-bond acceptors (Lipinski definition) is 4. The molecule has 130 valence electrons. The summed E-state index contributed by atoms with van der Waals surface area (Å²) in [5, 5.41) is 0.551. The molecule has 24 heavy (non-hydrogen) atoms. The Morgan fingerprint density at radius 2 is 1.92 bits per heavy atom. The molecule has 0 amide bonds. The molecule has 0 unspecified atom stereocenters. The number of aromatic nitrogens is 1. The topological polar surface area (TPSA) is 40.6 Å². The van der Waals surface area contributed by atoms with Crippen molar-refractivity contribution < 1.29 is 18.4 Å². The number of nitrogens with zero attached hydrogens (tertiary/aromatic N) is 1. The summed E-state index contributed by atoms with van der Waals surface area (Å²) in [7, 11) is -0.957. The number of hydrogen-bond donors (Lipinski definition) is 0. The molecule has 0 atom stereocenters. The smallest absolute Gasteiger partial charge is 0.477 e. The van der Waals surface area contributed by atoms with E-state index >= 15 is 0 Å². The fourth-order valence-electron chi connectivity index (χ4n) is 2.47. The van der Waals surface area contributed by atoms with Gasteiger partial charge in [-0.2, -0.15) is 0 Å². The van der Waals surface area contributed by atoms with Crippen LogP contribution in [-0.4, -0.2) is 29.9 Å². The zero-order valence-corrected chi connectivity index (χ0v) is 15.2. The van der Waals surface area contributed by atoms with Crippen LogP contribution in [0, 0.1) is 5.41 Å². The molecule has 1 aromatic heterocycles. The van der Waals surface area contributed by atoms with Crippen molar-refractivity contribution in [2.45, 2.75) is 51.7 Å². The molecule has 7 heteroatoms. The van der Waals surface area contributed by atoms with Crippen LogP contribution in [0.5, 0.6) is 5.88 Å². The summed E-state index contributed by atoms with van der Waals surface area (Å²) in [4.78, 5) is 4.09. The van der Waals surface area contributed by atoms with E-state index < -0.39 is 18.3 Å². The lowest BCUT2D eigenvalue weighted by Gasteiger charge is -2.32. The van der Waals surface area contributed by atoms with E-state index in [1.807, 2.05) is 27.7 Å². The molecule has 0 N–H and O–H groups in total.